The topological polar surface area (TPSA) is 63.6 Å². The summed E-state index contributed by atoms with van der Waals surface area (Å²) in [7, 11) is 0. The number of hydrogen-bond donors (Lipinski definition) is 1. The van der Waals surface area contributed by atoms with Crippen LogP contribution in [-0.4, -0.2) is 23.7 Å². The molecule has 1 fully saturated rings. The lowest BCUT2D eigenvalue weighted by atomic mass is 9.75. The van der Waals surface area contributed by atoms with E-state index >= 15 is 0 Å². The van der Waals surface area contributed by atoms with Gasteiger partial charge < -0.3 is 9.84 Å². The van der Waals surface area contributed by atoms with Crippen molar-refractivity contribution in [3.8, 4) is 0 Å². The molecule has 2 rings (SSSR count). The van der Waals surface area contributed by atoms with E-state index in [0.717, 1.165) is 6.42 Å². The summed E-state index contributed by atoms with van der Waals surface area (Å²) >= 11 is 0. The van der Waals surface area contributed by atoms with Crippen LogP contribution in [0.3, 0.4) is 0 Å². The summed E-state index contributed by atoms with van der Waals surface area (Å²) in [6.45, 7) is 0.352. The molecule has 76 valence electrons. The summed E-state index contributed by atoms with van der Waals surface area (Å²) in [5.41, 5.74) is 0.401. The molecule has 0 spiro atoms. The highest BCUT2D eigenvalue weighted by Gasteiger charge is 2.39. The molecule has 0 aromatic carbocycles. The number of cyclic esters (lactones) is 1. The van der Waals surface area contributed by atoms with E-state index in [2.05, 4.69) is 0 Å². The Kier molecular flexibility index (Phi) is 2.27. The molecule has 0 saturated carbocycles. The number of fused-ring (bicyclic) bond motifs is 1. The Bertz CT molecular complexity index is 305. The molecule has 1 heterocycles. The summed E-state index contributed by atoms with van der Waals surface area (Å²) in [4.78, 5) is 22.2. The van der Waals surface area contributed by atoms with Gasteiger partial charge in [-0.1, -0.05) is 6.08 Å². The fourth-order valence-electron chi connectivity index (χ4n) is 2.27. The zero-order valence-corrected chi connectivity index (χ0v) is 7.73. The number of carbonyl (C=O) groups is 2. The van der Waals surface area contributed by atoms with Gasteiger partial charge in [0.2, 0.25) is 0 Å². The van der Waals surface area contributed by atoms with Gasteiger partial charge in [-0.2, -0.15) is 0 Å². The molecule has 4 nitrogen and oxygen atoms in total. The number of rotatable bonds is 1. The molecule has 14 heavy (non-hydrogen) atoms. The highest BCUT2D eigenvalue weighted by atomic mass is 16.5. The lowest BCUT2D eigenvalue weighted by Crippen LogP contribution is -2.37. The predicted octanol–water partition coefficient (Wildman–Crippen LogP) is 0.970. The lowest BCUT2D eigenvalue weighted by molar-refractivity contribution is -0.156. The van der Waals surface area contributed by atoms with Crippen molar-refractivity contribution in [2.24, 2.45) is 11.8 Å². The third kappa shape index (κ3) is 1.41. The molecule has 0 unspecified atom stereocenters. The van der Waals surface area contributed by atoms with Crippen LogP contribution in [0.4, 0.5) is 0 Å². The average molecular weight is 196 g/mol. The molecule has 1 aliphatic carbocycles. The van der Waals surface area contributed by atoms with Crippen molar-refractivity contribution in [2.75, 3.05) is 6.61 Å². The minimum Gasteiger partial charge on any atom is -0.478 e. The van der Waals surface area contributed by atoms with Crippen LogP contribution in [0.1, 0.15) is 19.3 Å². The van der Waals surface area contributed by atoms with Crippen LogP contribution < -0.4 is 0 Å². The van der Waals surface area contributed by atoms with Crippen molar-refractivity contribution in [3.05, 3.63) is 11.6 Å². The van der Waals surface area contributed by atoms with Crippen LogP contribution >= 0.6 is 0 Å². The van der Waals surface area contributed by atoms with Crippen LogP contribution in [0.15, 0.2) is 11.6 Å². The van der Waals surface area contributed by atoms with Crippen molar-refractivity contribution in [3.63, 3.8) is 0 Å². The molecular weight excluding hydrogens is 184 g/mol. The van der Waals surface area contributed by atoms with E-state index in [4.69, 9.17) is 9.84 Å². The Morgan fingerprint density at radius 3 is 2.93 bits per heavy atom. The lowest BCUT2D eigenvalue weighted by Gasteiger charge is -2.33. The van der Waals surface area contributed by atoms with Crippen molar-refractivity contribution in [1.82, 2.24) is 0 Å². The molecule has 0 radical (unpaired) electrons. The fraction of sp³-hybridized carbons (Fsp3) is 0.600. The van der Waals surface area contributed by atoms with Gasteiger partial charge >= 0.3 is 11.9 Å². The summed E-state index contributed by atoms with van der Waals surface area (Å²) in [6.07, 6.45) is 3.77. The molecule has 1 aliphatic heterocycles. The number of aliphatic carboxylic acids is 1. The first-order chi connectivity index (χ1) is 6.70. The quantitative estimate of drug-likeness (QED) is 0.635. The molecule has 0 aromatic rings. The van der Waals surface area contributed by atoms with E-state index in [1.807, 2.05) is 0 Å². The number of carbonyl (C=O) groups excluding carboxylic acids is 1. The second-order valence-electron chi connectivity index (χ2n) is 3.71. The maximum Gasteiger partial charge on any atom is 0.331 e. The predicted molar refractivity (Wildman–Crippen MR) is 47.5 cm³/mol. The first kappa shape index (κ1) is 9.24. The van der Waals surface area contributed by atoms with Gasteiger partial charge in [-0.3, -0.25) is 4.79 Å². The van der Waals surface area contributed by atoms with Gasteiger partial charge in [0.15, 0.2) is 0 Å². The van der Waals surface area contributed by atoms with Crippen molar-refractivity contribution in [1.29, 1.82) is 0 Å². The number of esters is 1. The molecular formula is C10H12O4. The zero-order chi connectivity index (χ0) is 10.1. The van der Waals surface area contributed by atoms with Crippen molar-refractivity contribution < 1.29 is 19.4 Å². The monoisotopic (exact) mass is 196 g/mol. The van der Waals surface area contributed by atoms with Crippen LogP contribution in [0.5, 0.6) is 0 Å². The Morgan fingerprint density at radius 1 is 1.43 bits per heavy atom. The van der Waals surface area contributed by atoms with E-state index in [9.17, 15) is 9.59 Å². The maximum absolute atomic E-state index is 11.4. The minimum absolute atomic E-state index is 0.123. The van der Waals surface area contributed by atoms with Gasteiger partial charge in [0.1, 0.15) is 0 Å². The summed E-state index contributed by atoms with van der Waals surface area (Å²) in [6, 6.07) is 0. The van der Waals surface area contributed by atoms with Gasteiger partial charge in [0.25, 0.3) is 0 Å². The third-order valence-electron chi connectivity index (χ3n) is 2.95. The number of carboxylic acid groups (broad SMARTS) is 1. The Balaban J connectivity index is 2.25. The fourth-order valence-corrected chi connectivity index (χ4v) is 2.27. The molecule has 1 saturated heterocycles. The minimum atomic E-state index is -0.894. The number of carboxylic acids is 1. The van der Waals surface area contributed by atoms with Gasteiger partial charge in [0, 0.05) is 11.5 Å². The largest absolute Gasteiger partial charge is 0.478 e. The average Bonchev–Trinajstić information content (AvgIpc) is 2.17. The first-order valence-corrected chi connectivity index (χ1v) is 4.80. The molecule has 1 N–H and O–H groups in total. The third-order valence-corrected chi connectivity index (χ3v) is 2.95. The van der Waals surface area contributed by atoms with Gasteiger partial charge in [-0.05, 0) is 19.3 Å². The maximum atomic E-state index is 11.4. The highest BCUT2D eigenvalue weighted by molar-refractivity contribution is 5.89. The van der Waals surface area contributed by atoms with E-state index in [1.54, 1.807) is 6.08 Å². The second-order valence-corrected chi connectivity index (χ2v) is 3.71. The van der Waals surface area contributed by atoms with Crippen LogP contribution in [0, 0.1) is 11.8 Å². The van der Waals surface area contributed by atoms with E-state index in [-0.39, 0.29) is 17.8 Å². The van der Waals surface area contributed by atoms with Gasteiger partial charge in [0.05, 0.1) is 12.5 Å². The SMILES string of the molecule is O=C(O)C1=CCC[C@@H]2C(=O)OCC[C@@H]12. The van der Waals surface area contributed by atoms with E-state index < -0.39 is 5.97 Å². The highest BCUT2D eigenvalue weighted by Crippen LogP contribution is 2.36. The second kappa shape index (κ2) is 3.44. The van der Waals surface area contributed by atoms with E-state index in [0.29, 0.717) is 25.0 Å². The standard InChI is InChI=1S/C10H12O4/c11-9(12)7-2-1-3-8-6(7)4-5-14-10(8)13/h2,6,8H,1,3-5H2,(H,11,12)/t6-,8-/m0/s1. The molecule has 4 heteroatoms. The van der Waals surface area contributed by atoms with Crippen molar-refractivity contribution >= 4 is 11.9 Å². The molecule has 2 aliphatic rings. The van der Waals surface area contributed by atoms with Crippen LogP contribution in [0.2, 0.25) is 0 Å². The van der Waals surface area contributed by atoms with Gasteiger partial charge in [-0.15, -0.1) is 0 Å². The zero-order valence-electron chi connectivity index (χ0n) is 7.73. The Hall–Kier alpha value is -1.32. The smallest absolute Gasteiger partial charge is 0.331 e. The summed E-state index contributed by atoms with van der Waals surface area (Å²) in [5, 5.41) is 8.94. The van der Waals surface area contributed by atoms with E-state index in [1.165, 1.54) is 0 Å². The summed E-state index contributed by atoms with van der Waals surface area (Å²) in [5.74, 6) is -1.47. The number of allylic oxidation sites excluding steroid dienone is 1. The summed E-state index contributed by atoms with van der Waals surface area (Å²) < 4.78 is 4.92. The molecule has 2 atom stereocenters. The van der Waals surface area contributed by atoms with Crippen LogP contribution in [-0.2, 0) is 14.3 Å². The van der Waals surface area contributed by atoms with Crippen molar-refractivity contribution in [2.45, 2.75) is 19.3 Å². The number of ether oxygens (including phenoxy) is 1. The van der Waals surface area contributed by atoms with Gasteiger partial charge in [-0.25, -0.2) is 4.79 Å². The normalized spacial score (nSPS) is 31.4. The molecule has 0 bridgehead atoms. The molecule has 0 amide bonds. The molecule has 0 aromatic heterocycles. The Labute approximate surface area is 81.6 Å². The first-order valence-electron chi connectivity index (χ1n) is 4.80. The van der Waals surface area contributed by atoms with Crippen LogP contribution in [0.25, 0.3) is 0 Å². The Morgan fingerprint density at radius 2 is 2.21 bits per heavy atom. The number of hydrogen-bond acceptors (Lipinski definition) is 3.